The predicted molar refractivity (Wildman–Crippen MR) is 105 cm³/mol. The van der Waals surface area contributed by atoms with Gasteiger partial charge < -0.3 is 10.2 Å². The molecule has 0 spiro atoms. The van der Waals surface area contributed by atoms with E-state index in [0.29, 0.717) is 28.7 Å². The molecule has 1 aliphatic heterocycles. The predicted octanol–water partition coefficient (Wildman–Crippen LogP) is 4.14. The van der Waals surface area contributed by atoms with Crippen LogP contribution in [0.1, 0.15) is 41.7 Å². The Hall–Kier alpha value is -1.85. The van der Waals surface area contributed by atoms with Crippen LogP contribution in [-0.2, 0) is 6.42 Å². The number of anilines is 1. The molecule has 0 bridgehead atoms. The van der Waals surface area contributed by atoms with Gasteiger partial charge in [0.15, 0.2) is 0 Å². The molecule has 0 unspecified atom stereocenters. The summed E-state index contributed by atoms with van der Waals surface area (Å²) in [6.07, 6.45) is 6.92. The van der Waals surface area contributed by atoms with Crippen LogP contribution in [0.25, 0.3) is 0 Å². The lowest BCUT2D eigenvalue weighted by Crippen LogP contribution is -2.28. The molecule has 1 N–H and O–H groups in total. The molecule has 1 aliphatic rings. The number of halogens is 2. The minimum atomic E-state index is -0.200. The van der Waals surface area contributed by atoms with Gasteiger partial charge in [-0.2, -0.15) is 0 Å². The Bertz CT molecular complexity index is 761. The second-order valence-corrected chi connectivity index (χ2v) is 7.25. The largest absolute Gasteiger partial charge is 0.357 e. The van der Waals surface area contributed by atoms with E-state index in [4.69, 9.17) is 23.2 Å². The first-order valence-electron chi connectivity index (χ1n) is 8.92. The van der Waals surface area contributed by atoms with E-state index in [1.807, 2.05) is 6.07 Å². The Morgan fingerprint density at radius 2 is 1.85 bits per heavy atom. The van der Waals surface area contributed by atoms with Crippen molar-refractivity contribution >= 4 is 34.9 Å². The average Bonchev–Trinajstić information content (AvgIpc) is 2.93. The van der Waals surface area contributed by atoms with E-state index in [0.717, 1.165) is 37.3 Å². The maximum absolute atomic E-state index is 12.4. The maximum atomic E-state index is 12.4. The zero-order valence-electron chi connectivity index (χ0n) is 14.5. The van der Waals surface area contributed by atoms with Gasteiger partial charge in [0.25, 0.3) is 5.91 Å². The Morgan fingerprint density at radius 3 is 2.58 bits per heavy atom. The topological polar surface area (TPSA) is 58.1 Å². The number of nitrogens with one attached hydrogen (secondary N) is 1. The van der Waals surface area contributed by atoms with E-state index in [2.05, 4.69) is 20.2 Å². The van der Waals surface area contributed by atoms with Gasteiger partial charge in [-0.3, -0.25) is 4.79 Å². The van der Waals surface area contributed by atoms with Gasteiger partial charge in [0.05, 0.1) is 0 Å². The third-order valence-electron chi connectivity index (χ3n) is 4.51. The third kappa shape index (κ3) is 5.08. The quantitative estimate of drug-likeness (QED) is 0.830. The lowest BCUT2D eigenvalue weighted by atomic mass is 10.1. The molecule has 0 saturated carbocycles. The molecule has 1 amide bonds. The van der Waals surface area contributed by atoms with E-state index in [1.165, 1.54) is 19.2 Å². The van der Waals surface area contributed by atoms with Crippen molar-refractivity contribution in [2.24, 2.45) is 0 Å². The van der Waals surface area contributed by atoms with Crippen molar-refractivity contribution < 1.29 is 4.79 Å². The third-order valence-corrected chi connectivity index (χ3v) is 5.10. The molecule has 0 atom stereocenters. The zero-order chi connectivity index (χ0) is 18.4. The molecule has 2 aromatic rings. The van der Waals surface area contributed by atoms with E-state index in [-0.39, 0.29) is 5.91 Å². The first kappa shape index (κ1) is 18.9. The van der Waals surface area contributed by atoms with Gasteiger partial charge in [0.2, 0.25) is 0 Å². The van der Waals surface area contributed by atoms with Crippen molar-refractivity contribution in [3.8, 4) is 0 Å². The van der Waals surface area contributed by atoms with E-state index >= 15 is 0 Å². The minimum Gasteiger partial charge on any atom is -0.357 e. The summed E-state index contributed by atoms with van der Waals surface area (Å²) in [6, 6.07) is 7.15. The summed E-state index contributed by atoms with van der Waals surface area (Å²) >= 11 is 12.1. The van der Waals surface area contributed by atoms with Crippen LogP contribution in [0, 0.1) is 0 Å². The summed E-state index contributed by atoms with van der Waals surface area (Å²) in [4.78, 5) is 23.1. The van der Waals surface area contributed by atoms with Crippen LogP contribution in [0.5, 0.6) is 0 Å². The Morgan fingerprint density at radius 1 is 1.08 bits per heavy atom. The monoisotopic (exact) mass is 392 g/mol. The highest BCUT2D eigenvalue weighted by Gasteiger charge is 2.14. The molecule has 2 heterocycles. The van der Waals surface area contributed by atoms with Crippen LogP contribution in [0.15, 0.2) is 30.6 Å². The molecule has 0 radical (unpaired) electrons. The zero-order valence-corrected chi connectivity index (χ0v) is 16.1. The van der Waals surface area contributed by atoms with E-state index in [9.17, 15) is 4.79 Å². The van der Waals surface area contributed by atoms with Gasteiger partial charge in [0, 0.05) is 35.7 Å². The normalized spacial score (nSPS) is 14.8. The second kappa shape index (κ2) is 9.19. The summed E-state index contributed by atoms with van der Waals surface area (Å²) in [6.45, 7) is 2.43. The van der Waals surface area contributed by atoms with Crippen LogP contribution in [0.4, 0.5) is 5.82 Å². The van der Waals surface area contributed by atoms with E-state index < -0.39 is 0 Å². The number of carbonyl (C=O) groups excluding carboxylic acids is 1. The summed E-state index contributed by atoms with van der Waals surface area (Å²) in [5, 5.41) is 4.10. The maximum Gasteiger partial charge on any atom is 0.270 e. The molecule has 3 rings (SSSR count). The lowest BCUT2D eigenvalue weighted by molar-refractivity contribution is 0.0949. The highest BCUT2D eigenvalue weighted by Crippen LogP contribution is 2.21. The van der Waals surface area contributed by atoms with Gasteiger partial charge in [-0.25, -0.2) is 9.97 Å². The molecule has 5 nitrogen and oxygen atoms in total. The highest BCUT2D eigenvalue weighted by atomic mass is 35.5. The number of benzene rings is 1. The number of rotatable bonds is 5. The average molecular weight is 393 g/mol. The molecule has 138 valence electrons. The number of hydrogen-bond acceptors (Lipinski definition) is 4. The van der Waals surface area contributed by atoms with Crippen molar-refractivity contribution in [3.63, 3.8) is 0 Å². The van der Waals surface area contributed by atoms with Gasteiger partial charge in [-0.05, 0) is 37.0 Å². The lowest BCUT2D eigenvalue weighted by Gasteiger charge is -2.21. The Balaban J connectivity index is 1.58. The molecular weight excluding hydrogens is 371 g/mol. The molecule has 1 fully saturated rings. The van der Waals surface area contributed by atoms with Gasteiger partial charge in [0.1, 0.15) is 17.8 Å². The summed E-state index contributed by atoms with van der Waals surface area (Å²) in [7, 11) is 0. The summed E-state index contributed by atoms with van der Waals surface area (Å²) in [5.41, 5.74) is 1.34. The van der Waals surface area contributed by atoms with Crippen LogP contribution >= 0.6 is 23.2 Å². The van der Waals surface area contributed by atoms with Crippen molar-refractivity contribution in [2.75, 3.05) is 24.5 Å². The fourth-order valence-corrected chi connectivity index (χ4v) is 3.57. The number of nitrogens with zero attached hydrogens (tertiary/aromatic N) is 3. The number of carbonyl (C=O) groups is 1. The Kier molecular flexibility index (Phi) is 6.69. The summed E-state index contributed by atoms with van der Waals surface area (Å²) < 4.78 is 0. The SMILES string of the molecule is O=C(NCCc1ccc(Cl)cc1Cl)c1cc(N2CCCCCC2)ncn1. The first-order chi connectivity index (χ1) is 12.6. The fourth-order valence-electron chi connectivity index (χ4n) is 3.07. The first-order valence-corrected chi connectivity index (χ1v) is 9.68. The minimum absolute atomic E-state index is 0.200. The number of aromatic nitrogens is 2. The summed E-state index contributed by atoms with van der Waals surface area (Å²) in [5.74, 6) is 0.626. The van der Waals surface area contributed by atoms with Gasteiger partial charge >= 0.3 is 0 Å². The van der Waals surface area contributed by atoms with Crippen molar-refractivity contribution in [3.05, 3.63) is 51.9 Å². The van der Waals surface area contributed by atoms with Crippen LogP contribution in [0.2, 0.25) is 10.0 Å². The highest BCUT2D eigenvalue weighted by molar-refractivity contribution is 6.35. The van der Waals surface area contributed by atoms with Crippen LogP contribution < -0.4 is 10.2 Å². The van der Waals surface area contributed by atoms with Gasteiger partial charge in [-0.1, -0.05) is 42.1 Å². The number of amides is 1. The molecule has 1 saturated heterocycles. The molecular formula is C19H22Cl2N4O. The second-order valence-electron chi connectivity index (χ2n) is 6.40. The Labute approximate surface area is 163 Å². The molecule has 1 aromatic carbocycles. The standard InChI is InChI=1S/C19H22Cl2N4O/c20-15-6-5-14(16(21)11-15)7-8-22-19(26)17-12-18(24-13-23-17)25-9-3-1-2-4-10-25/h5-6,11-13H,1-4,7-10H2,(H,22,26). The fraction of sp³-hybridized carbons (Fsp3) is 0.421. The van der Waals surface area contributed by atoms with Crippen molar-refractivity contribution in [2.45, 2.75) is 32.1 Å². The van der Waals surface area contributed by atoms with Crippen LogP contribution in [-0.4, -0.2) is 35.5 Å². The molecule has 1 aromatic heterocycles. The number of hydrogen-bond donors (Lipinski definition) is 1. The van der Waals surface area contributed by atoms with E-state index in [1.54, 1.807) is 18.2 Å². The molecule has 0 aliphatic carbocycles. The molecule has 26 heavy (non-hydrogen) atoms. The smallest absolute Gasteiger partial charge is 0.270 e. The van der Waals surface area contributed by atoms with Crippen molar-refractivity contribution in [1.82, 2.24) is 15.3 Å². The van der Waals surface area contributed by atoms with Gasteiger partial charge in [-0.15, -0.1) is 0 Å². The molecule has 7 heteroatoms. The van der Waals surface area contributed by atoms with Crippen molar-refractivity contribution in [1.29, 1.82) is 0 Å². The van der Waals surface area contributed by atoms with Crippen LogP contribution in [0.3, 0.4) is 0 Å².